The van der Waals surface area contributed by atoms with Crippen LogP contribution >= 0.6 is 0 Å². The van der Waals surface area contributed by atoms with Crippen LogP contribution in [0.25, 0.3) is 0 Å². The standard InChI is InChI=1S/C8H11F2N3/c1-5-4-6(8(9)10)13-7(12-5)2-3-11/h4,8H,2-3,11H2,1H3. The molecule has 72 valence electrons. The average molecular weight is 187 g/mol. The second kappa shape index (κ2) is 4.23. The molecular formula is C8H11F2N3. The lowest BCUT2D eigenvalue weighted by atomic mass is 10.3. The Kier molecular flexibility index (Phi) is 3.25. The third-order valence-corrected chi connectivity index (χ3v) is 1.51. The van der Waals surface area contributed by atoms with Crippen molar-refractivity contribution < 1.29 is 8.78 Å². The summed E-state index contributed by atoms with van der Waals surface area (Å²) in [7, 11) is 0. The summed E-state index contributed by atoms with van der Waals surface area (Å²) < 4.78 is 24.5. The van der Waals surface area contributed by atoms with E-state index in [0.29, 0.717) is 24.5 Å². The highest BCUT2D eigenvalue weighted by Gasteiger charge is 2.10. The zero-order valence-electron chi connectivity index (χ0n) is 7.30. The number of halogens is 2. The van der Waals surface area contributed by atoms with Crippen LogP contribution in [0.4, 0.5) is 8.78 Å². The van der Waals surface area contributed by atoms with Crippen molar-refractivity contribution >= 4 is 0 Å². The molecule has 0 amide bonds. The van der Waals surface area contributed by atoms with E-state index in [0.717, 1.165) is 0 Å². The van der Waals surface area contributed by atoms with Crippen molar-refractivity contribution in [1.29, 1.82) is 0 Å². The molecule has 0 unspecified atom stereocenters. The fourth-order valence-electron chi connectivity index (χ4n) is 1.01. The third kappa shape index (κ3) is 2.69. The van der Waals surface area contributed by atoms with Gasteiger partial charge in [-0.15, -0.1) is 0 Å². The lowest BCUT2D eigenvalue weighted by Gasteiger charge is -2.03. The number of hydrogen-bond donors (Lipinski definition) is 1. The van der Waals surface area contributed by atoms with Crippen LogP contribution in [0.3, 0.4) is 0 Å². The number of nitrogens with two attached hydrogens (primary N) is 1. The first kappa shape index (κ1) is 9.98. The maximum atomic E-state index is 12.2. The monoisotopic (exact) mass is 187 g/mol. The minimum absolute atomic E-state index is 0.226. The summed E-state index contributed by atoms with van der Waals surface area (Å²) in [6.45, 7) is 2.03. The van der Waals surface area contributed by atoms with Gasteiger partial charge in [0.25, 0.3) is 6.43 Å². The van der Waals surface area contributed by atoms with Gasteiger partial charge >= 0.3 is 0 Å². The number of aromatic nitrogens is 2. The number of aryl methyl sites for hydroxylation is 1. The molecule has 0 saturated heterocycles. The first-order valence-corrected chi connectivity index (χ1v) is 3.96. The molecule has 13 heavy (non-hydrogen) atoms. The fourth-order valence-corrected chi connectivity index (χ4v) is 1.01. The second-order valence-electron chi connectivity index (χ2n) is 2.69. The largest absolute Gasteiger partial charge is 0.330 e. The molecule has 0 spiro atoms. The van der Waals surface area contributed by atoms with Gasteiger partial charge in [0.15, 0.2) is 0 Å². The summed E-state index contributed by atoms with van der Waals surface area (Å²) in [4.78, 5) is 7.66. The van der Waals surface area contributed by atoms with Crippen LogP contribution in [0.2, 0.25) is 0 Å². The minimum atomic E-state index is -2.54. The fraction of sp³-hybridized carbons (Fsp3) is 0.500. The Balaban J connectivity index is 2.96. The molecule has 5 heteroatoms. The van der Waals surface area contributed by atoms with Gasteiger partial charge in [-0.1, -0.05) is 0 Å². The zero-order valence-corrected chi connectivity index (χ0v) is 7.30. The van der Waals surface area contributed by atoms with Gasteiger partial charge in [0.2, 0.25) is 0 Å². The van der Waals surface area contributed by atoms with Crippen molar-refractivity contribution in [3.05, 3.63) is 23.3 Å². The maximum Gasteiger partial charge on any atom is 0.280 e. The van der Waals surface area contributed by atoms with Crippen LogP contribution in [0, 0.1) is 6.92 Å². The molecule has 0 aliphatic carbocycles. The van der Waals surface area contributed by atoms with Crippen molar-refractivity contribution in [2.45, 2.75) is 19.8 Å². The van der Waals surface area contributed by atoms with Crippen molar-refractivity contribution in [2.24, 2.45) is 5.73 Å². The molecule has 0 bridgehead atoms. The molecular weight excluding hydrogens is 176 g/mol. The van der Waals surface area contributed by atoms with E-state index >= 15 is 0 Å². The summed E-state index contributed by atoms with van der Waals surface area (Å²) >= 11 is 0. The van der Waals surface area contributed by atoms with Gasteiger partial charge < -0.3 is 5.73 Å². The van der Waals surface area contributed by atoms with Crippen molar-refractivity contribution in [2.75, 3.05) is 6.54 Å². The molecule has 1 aromatic heterocycles. The number of hydrogen-bond acceptors (Lipinski definition) is 3. The summed E-state index contributed by atoms with van der Waals surface area (Å²) in [6, 6.07) is 1.28. The quantitative estimate of drug-likeness (QED) is 0.774. The van der Waals surface area contributed by atoms with Crippen molar-refractivity contribution in [1.82, 2.24) is 9.97 Å². The van der Waals surface area contributed by atoms with E-state index in [-0.39, 0.29) is 5.69 Å². The molecule has 0 aliphatic rings. The van der Waals surface area contributed by atoms with Gasteiger partial charge in [0.1, 0.15) is 11.5 Å². The molecule has 0 saturated carbocycles. The molecule has 1 rings (SSSR count). The Morgan fingerprint density at radius 1 is 1.46 bits per heavy atom. The Morgan fingerprint density at radius 2 is 2.15 bits per heavy atom. The lowest BCUT2D eigenvalue weighted by molar-refractivity contribution is 0.145. The van der Waals surface area contributed by atoms with Gasteiger partial charge in [-0.25, -0.2) is 18.7 Å². The average Bonchev–Trinajstić information content (AvgIpc) is 2.03. The first-order valence-electron chi connectivity index (χ1n) is 3.96. The highest BCUT2D eigenvalue weighted by Crippen LogP contribution is 2.16. The number of alkyl halides is 2. The van der Waals surface area contributed by atoms with E-state index in [1.807, 2.05) is 0 Å². The molecule has 0 atom stereocenters. The van der Waals surface area contributed by atoms with E-state index in [4.69, 9.17) is 5.73 Å². The lowest BCUT2D eigenvalue weighted by Crippen LogP contribution is -2.08. The molecule has 1 aromatic rings. The maximum absolute atomic E-state index is 12.2. The number of nitrogens with zero attached hydrogens (tertiary/aromatic N) is 2. The summed E-state index contributed by atoms with van der Waals surface area (Å²) in [6.07, 6.45) is -2.11. The summed E-state index contributed by atoms with van der Waals surface area (Å²) in [5.41, 5.74) is 5.59. The molecule has 0 radical (unpaired) electrons. The van der Waals surface area contributed by atoms with Crippen molar-refractivity contribution in [3.8, 4) is 0 Å². The first-order chi connectivity index (χ1) is 6.13. The van der Waals surface area contributed by atoms with Gasteiger partial charge in [-0.3, -0.25) is 0 Å². The van der Waals surface area contributed by atoms with Crippen LogP contribution in [0.15, 0.2) is 6.07 Å². The van der Waals surface area contributed by atoms with E-state index in [1.165, 1.54) is 6.07 Å². The Labute approximate surface area is 75.0 Å². The van der Waals surface area contributed by atoms with Gasteiger partial charge in [0, 0.05) is 12.1 Å². The summed E-state index contributed by atoms with van der Waals surface area (Å²) in [5.74, 6) is 0.387. The van der Waals surface area contributed by atoms with Gasteiger partial charge in [-0.2, -0.15) is 0 Å². The smallest absolute Gasteiger partial charge is 0.280 e. The minimum Gasteiger partial charge on any atom is -0.330 e. The Hall–Kier alpha value is -1.10. The topological polar surface area (TPSA) is 51.8 Å². The summed E-state index contributed by atoms with van der Waals surface area (Å²) in [5, 5.41) is 0. The molecule has 2 N–H and O–H groups in total. The molecule has 0 fully saturated rings. The molecule has 0 aromatic carbocycles. The number of rotatable bonds is 3. The van der Waals surface area contributed by atoms with E-state index < -0.39 is 6.43 Å². The SMILES string of the molecule is Cc1cc(C(F)F)nc(CCN)n1. The van der Waals surface area contributed by atoms with Crippen LogP contribution < -0.4 is 5.73 Å². The highest BCUT2D eigenvalue weighted by molar-refractivity contribution is 5.11. The van der Waals surface area contributed by atoms with Crippen LogP contribution in [0.1, 0.15) is 23.6 Å². The normalized spacial score (nSPS) is 10.8. The molecule has 1 heterocycles. The third-order valence-electron chi connectivity index (χ3n) is 1.51. The Morgan fingerprint density at radius 3 is 2.69 bits per heavy atom. The van der Waals surface area contributed by atoms with Gasteiger partial charge in [0.05, 0.1) is 0 Å². The molecule has 0 aliphatic heterocycles. The second-order valence-corrected chi connectivity index (χ2v) is 2.69. The molecule has 3 nitrogen and oxygen atoms in total. The van der Waals surface area contributed by atoms with Crippen LogP contribution in [-0.4, -0.2) is 16.5 Å². The highest BCUT2D eigenvalue weighted by atomic mass is 19.3. The van der Waals surface area contributed by atoms with Crippen LogP contribution in [-0.2, 0) is 6.42 Å². The van der Waals surface area contributed by atoms with E-state index in [1.54, 1.807) is 6.92 Å². The Bertz CT molecular complexity index is 289. The van der Waals surface area contributed by atoms with Crippen molar-refractivity contribution in [3.63, 3.8) is 0 Å². The predicted octanol–water partition coefficient (Wildman–Crippen LogP) is 1.22. The van der Waals surface area contributed by atoms with E-state index in [2.05, 4.69) is 9.97 Å². The predicted molar refractivity (Wildman–Crippen MR) is 44.5 cm³/mol. The zero-order chi connectivity index (χ0) is 9.84. The van der Waals surface area contributed by atoms with Crippen LogP contribution in [0.5, 0.6) is 0 Å². The van der Waals surface area contributed by atoms with E-state index in [9.17, 15) is 8.78 Å². The van der Waals surface area contributed by atoms with Gasteiger partial charge in [-0.05, 0) is 19.5 Å².